The number of amides is 1. The van der Waals surface area contributed by atoms with Crippen LogP contribution in [-0.2, 0) is 11.2 Å². The quantitative estimate of drug-likeness (QED) is 0.431. The Hall–Kier alpha value is -1.62. The zero-order valence-electron chi connectivity index (χ0n) is 8.62. The number of imidazole rings is 1. The van der Waals surface area contributed by atoms with Gasteiger partial charge < -0.3 is 15.6 Å². The summed E-state index contributed by atoms with van der Waals surface area (Å²) >= 11 is 0. The number of nitrogens with zero attached hydrogens (tertiary/aromatic N) is 1. The largest absolute Gasteiger partial charge is 0.355 e. The summed E-state index contributed by atoms with van der Waals surface area (Å²) < 4.78 is 0. The van der Waals surface area contributed by atoms with E-state index < -0.39 is 0 Å². The summed E-state index contributed by atoms with van der Waals surface area (Å²) in [5.41, 5.74) is 0. The van der Waals surface area contributed by atoms with Crippen LogP contribution in [-0.4, -0.2) is 35.5 Å². The second-order valence-corrected chi connectivity index (χ2v) is 3.06. The van der Waals surface area contributed by atoms with Crippen LogP contribution in [0.1, 0.15) is 5.82 Å². The molecule has 0 aliphatic rings. The molecule has 5 nitrogen and oxygen atoms in total. The topological polar surface area (TPSA) is 69.8 Å². The van der Waals surface area contributed by atoms with Crippen molar-refractivity contribution in [3.8, 4) is 0 Å². The molecule has 0 atom stereocenters. The zero-order chi connectivity index (χ0) is 10.9. The lowest BCUT2D eigenvalue weighted by molar-refractivity contribution is -0.120. The fourth-order valence-corrected chi connectivity index (χ4v) is 1.11. The normalized spacial score (nSPS) is 9.87. The van der Waals surface area contributed by atoms with Gasteiger partial charge in [0, 0.05) is 31.9 Å². The third-order valence-corrected chi connectivity index (χ3v) is 1.81. The maximum Gasteiger partial charge on any atom is 0.233 e. The molecule has 1 aromatic rings. The summed E-state index contributed by atoms with van der Waals surface area (Å²) in [6.45, 7) is 5.11. The smallest absolute Gasteiger partial charge is 0.233 e. The molecular weight excluding hydrogens is 192 g/mol. The van der Waals surface area contributed by atoms with Crippen molar-refractivity contribution < 1.29 is 4.79 Å². The second-order valence-electron chi connectivity index (χ2n) is 3.06. The van der Waals surface area contributed by atoms with Crippen molar-refractivity contribution in [2.24, 2.45) is 0 Å². The van der Waals surface area contributed by atoms with Crippen LogP contribution in [0.4, 0.5) is 0 Å². The molecular formula is C10H16N4O. The molecule has 0 spiro atoms. The van der Waals surface area contributed by atoms with E-state index in [-0.39, 0.29) is 5.91 Å². The average molecular weight is 208 g/mol. The van der Waals surface area contributed by atoms with Crippen LogP contribution in [0.15, 0.2) is 25.0 Å². The molecule has 1 heterocycles. The first-order valence-corrected chi connectivity index (χ1v) is 4.89. The lowest BCUT2D eigenvalue weighted by Crippen LogP contribution is -2.35. The van der Waals surface area contributed by atoms with Crippen molar-refractivity contribution in [1.29, 1.82) is 0 Å². The summed E-state index contributed by atoms with van der Waals surface area (Å²) in [7, 11) is 0. The van der Waals surface area contributed by atoms with E-state index in [1.54, 1.807) is 18.5 Å². The van der Waals surface area contributed by atoms with Gasteiger partial charge in [-0.2, -0.15) is 0 Å². The molecule has 0 aliphatic heterocycles. The van der Waals surface area contributed by atoms with Crippen molar-refractivity contribution >= 4 is 5.91 Å². The van der Waals surface area contributed by atoms with Crippen LogP contribution in [0.5, 0.6) is 0 Å². The van der Waals surface area contributed by atoms with Gasteiger partial charge in [-0.3, -0.25) is 4.79 Å². The molecule has 0 bridgehead atoms. The summed E-state index contributed by atoms with van der Waals surface area (Å²) in [5.74, 6) is 0.873. The number of hydrogen-bond donors (Lipinski definition) is 3. The standard InChI is InChI=1S/C10H16N4O/c1-2-4-11-8-10(15)14-5-3-9-12-6-7-13-9/h2,6-7,11H,1,3-5,8H2,(H,12,13)(H,14,15). The number of carbonyl (C=O) groups is 1. The molecule has 0 fully saturated rings. The highest BCUT2D eigenvalue weighted by Gasteiger charge is 1.99. The van der Waals surface area contributed by atoms with Crippen molar-refractivity contribution in [3.05, 3.63) is 30.9 Å². The second kappa shape index (κ2) is 6.78. The van der Waals surface area contributed by atoms with Crippen LogP contribution in [0.3, 0.4) is 0 Å². The van der Waals surface area contributed by atoms with Gasteiger partial charge in [-0.15, -0.1) is 6.58 Å². The number of H-pyrrole nitrogens is 1. The fourth-order valence-electron chi connectivity index (χ4n) is 1.11. The van der Waals surface area contributed by atoms with Gasteiger partial charge in [0.15, 0.2) is 0 Å². The number of aromatic nitrogens is 2. The maximum atomic E-state index is 11.2. The van der Waals surface area contributed by atoms with Crippen molar-refractivity contribution in [3.63, 3.8) is 0 Å². The Balaban J connectivity index is 2.04. The highest BCUT2D eigenvalue weighted by molar-refractivity contribution is 5.77. The lowest BCUT2D eigenvalue weighted by Gasteiger charge is -2.03. The first-order valence-electron chi connectivity index (χ1n) is 4.89. The molecule has 0 aliphatic carbocycles. The summed E-state index contributed by atoms with van der Waals surface area (Å²) in [6, 6.07) is 0. The number of carbonyl (C=O) groups excluding carboxylic acids is 1. The Kier molecular flexibility index (Phi) is 5.18. The molecule has 3 N–H and O–H groups in total. The van der Waals surface area contributed by atoms with Crippen LogP contribution in [0.25, 0.3) is 0 Å². The predicted molar refractivity (Wildman–Crippen MR) is 58.4 cm³/mol. The first-order chi connectivity index (χ1) is 7.33. The monoisotopic (exact) mass is 208 g/mol. The van der Waals surface area contributed by atoms with Crippen molar-refractivity contribution in [2.75, 3.05) is 19.6 Å². The van der Waals surface area contributed by atoms with Gasteiger partial charge in [-0.1, -0.05) is 6.08 Å². The van der Waals surface area contributed by atoms with Gasteiger partial charge in [0.25, 0.3) is 0 Å². The minimum absolute atomic E-state index is 0.0107. The SMILES string of the molecule is C=CCNCC(=O)NCCc1ncc[nH]1. The van der Waals surface area contributed by atoms with E-state index in [2.05, 4.69) is 27.2 Å². The Bertz CT molecular complexity index is 294. The third-order valence-electron chi connectivity index (χ3n) is 1.81. The summed E-state index contributed by atoms with van der Waals surface area (Å²) in [5, 5.41) is 5.71. The van der Waals surface area contributed by atoms with E-state index in [0.29, 0.717) is 19.6 Å². The Morgan fingerprint density at radius 2 is 2.53 bits per heavy atom. The number of nitrogens with one attached hydrogen (secondary N) is 3. The lowest BCUT2D eigenvalue weighted by atomic mass is 10.4. The minimum atomic E-state index is -0.0107. The molecule has 82 valence electrons. The molecule has 1 rings (SSSR count). The number of rotatable bonds is 7. The number of hydrogen-bond acceptors (Lipinski definition) is 3. The Labute approximate surface area is 89.0 Å². The van der Waals surface area contributed by atoms with E-state index in [1.807, 2.05) is 0 Å². The van der Waals surface area contributed by atoms with Gasteiger partial charge >= 0.3 is 0 Å². The average Bonchev–Trinajstić information content (AvgIpc) is 2.71. The minimum Gasteiger partial charge on any atom is -0.355 e. The van der Waals surface area contributed by atoms with E-state index in [1.165, 1.54) is 0 Å². The van der Waals surface area contributed by atoms with Gasteiger partial charge in [-0.25, -0.2) is 4.98 Å². The Morgan fingerprint density at radius 3 is 3.20 bits per heavy atom. The van der Waals surface area contributed by atoms with Crippen LogP contribution in [0.2, 0.25) is 0 Å². The number of aromatic amines is 1. The van der Waals surface area contributed by atoms with E-state index in [0.717, 1.165) is 12.2 Å². The highest BCUT2D eigenvalue weighted by Crippen LogP contribution is 1.87. The van der Waals surface area contributed by atoms with Crippen LogP contribution >= 0.6 is 0 Å². The van der Waals surface area contributed by atoms with Gasteiger partial charge in [-0.05, 0) is 0 Å². The van der Waals surface area contributed by atoms with Crippen molar-refractivity contribution in [1.82, 2.24) is 20.6 Å². The third kappa shape index (κ3) is 4.97. The molecule has 0 radical (unpaired) electrons. The van der Waals surface area contributed by atoms with E-state index >= 15 is 0 Å². The van der Waals surface area contributed by atoms with E-state index in [9.17, 15) is 4.79 Å². The maximum absolute atomic E-state index is 11.2. The molecule has 1 aromatic heterocycles. The molecule has 5 heteroatoms. The molecule has 15 heavy (non-hydrogen) atoms. The predicted octanol–water partition coefficient (Wildman–Crippen LogP) is -0.156. The Morgan fingerprint density at radius 1 is 1.67 bits per heavy atom. The molecule has 0 saturated heterocycles. The van der Waals surface area contributed by atoms with Gasteiger partial charge in [0.05, 0.1) is 6.54 Å². The van der Waals surface area contributed by atoms with Crippen LogP contribution < -0.4 is 10.6 Å². The molecule has 0 unspecified atom stereocenters. The summed E-state index contributed by atoms with van der Waals surface area (Å²) in [4.78, 5) is 18.2. The van der Waals surface area contributed by atoms with Gasteiger partial charge in [0.1, 0.15) is 5.82 Å². The molecule has 1 amide bonds. The van der Waals surface area contributed by atoms with Crippen molar-refractivity contribution in [2.45, 2.75) is 6.42 Å². The summed E-state index contributed by atoms with van der Waals surface area (Å²) in [6.07, 6.45) is 5.90. The molecule has 0 aromatic carbocycles. The fraction of sp³-hybridized carbons (Fsp3) is 0.400. The zero-order valence-corrected chi connectivity index (χ0v) is 8.62. The van der Waals surface area contributed by atoms with Crippen LogP contribution in [0, 0.1) is 0 Å². The highest BCUT2D eigenvalue weighted by atomic mass is 16.1. The van der Waals surface area contributed by atoms with Gasteiger partial charge in [0.2, 0.25) is 5.91 Å². The van der Waals surface area contributed by atoms with E-state index in [4.69, 9.17) is 0 Å². The first kappa shape index (κ1) is 11.5. The molecule has 0 saturated carbocycles.